The maximum atomic E-state index is 13.3. The topological polar surface area (TPSA) is 62.1 Å². The molecule has 3 rings (SSSR count). The monoisotopic (exact) mass is 352 g/mol. The van der Waals surface area contributed by atoms with E-state index in [1.165, 1.54) is 12.4 Å². The summed E-state index contributed by atoms with van der Waals surface area (Å²) in [5.41, 5.74) is -0.491. The van der Waals surface area contributed by atoms with Gasteiger partial charge in [0.2, 0.25) is 0 Å². The summed E-state index contributed by atoms with van der Waals surface area (Å²) in [7, 11) is 0. The first-order valence-corrected chi connectivity index (χ1v) is 8.14. The van der Waals surface area contributed by atoms with Crippen LogP contribution >= 0.6 is 0 Å². The highest BCUT2D eigenvalue weighted by atomic mass is 19.4. The zero-order chi connectivity index (χ0) is 18.0. The highest BCUT2D eigenvalue weighted by Gasteiger charge is 2.35. The first kappa shape index (κ1) is 17.6. The van der Waals surface area contributed by atoms with Crippen molar-refractivity contribution in [3.8, 4) is 11.4 Å². The number of pyridine rings is 1. The summed E-state index contributed by atoms with van der Waals surface area (Å²) in [6.07, 6.45) is -0.439. The second-order valence-electron chi connectivity index (χ2n) is 6.26. The van der Waals surface area contributed by atoms with Crippen LogP contribution in [0.1, 0.15) is 25.5 Å². The van der Waals surface area contributed by atoms with E-state index in [2.05, 4.69) is 15.0 Å². The highest BCUT2D eigenvalue weighted by Crippen LogP contribution is 2.33. The number of aromatic nitrogens is 3. The molecule has 0 aliphatic carbocycles. The minimum atomic E-state index is -4.56. The smallest absolute Gasteiger partial charge is 0.393 e. The number of rotatable bonds is 3. The van der Waals surface area contributed by atoms with Gasteiger partial charge in [0, 0.05) is 43.0 Å². The van der Waals surface area contributed by atoms with Crippen molar-refractivity contribution in [1.29, 1.82) is 0 Å². The third-order valence-electron chi connectivity index (χ3n) is 4.41. The molecule has 0 radical (unpaired) electrons. The van der Waals surface area contributed by atoms with Gasteiger partial charge in [0.05, 0.1) is 6.10 Å². The standard InChI is InChI=1S/C17H19F3N4O/c1-11(25)13-3-2-8-24(10-13)15-9-14(17(18,19)20)22-16(23-15)12-4-6-21-7-5-12/h4-7,9,11,13,25H,2-3,8,10H2,1H3. The Morgan fingerprint density at radius 2 is 1.96 bits per heavy atom. The van der Waals surface area contributed by atoms with Crippen LogP contribution in [-0.4, -0.2) is 39.3 Å². The van der Waals surface area contributed by atoms with Crippen LogP contribution in [0.3, 0.4) is 0 Å². The van der Waals surface area contributed by atoms with Crippen LogP contribution in [0.4, 0.5) is 19.0 Å². The normalized spacial score (nSPS) is 19.7. The number of alkyl halides is 3. The van der Waals surface area contributed by atoms with Gasteiger partial charge < -0.3 is 10.0 Å². The van der Waals surface area contributed by atoms with Crippen molar-refractivity contribution in [3.63, 3.8) is 0 Å². The highest BCUT2D eigenvalue weighted by molar-refractivity contribution is 5.57. The van der Waals surface area contributed by atoms with Crippen LogP contribution in [0.15, 0.2) is 30.6 Å². The maximum absolute atomic E-state index is 13.3. The second-order valence-corrected chi connectivity index (χ2v) is 6.26. The Morgan fingerprint density at radius 3 is 2.60 bits per heavy atom. The summed E-state index contributed by atoms with van der Waals surface area (Å²) in [5, 5.41) is 9.81. The van der Waals surface area contributed by atoms with Crippen molar-refractivity contribution in [3.05, 3.63) is 36.3 Å². The zero-order valence-corrected chi connectivity index (χ0v) is 13.7. The fourth-order valence-electron chi connectivity index (χ4n) is 2.98. The molecule has 5 nitrogen and oxygen atoms in total. The molecule has 2 atom stereocenters. The van der Waals surface area contributed by atoms with Gasteiger partial charge in [0.15, 0.2) is 11.5 Å². The molecule has 3 heterocycles. The van der Waals surface area contributed by atoms with Crippen molar-refractivity contribution in [2.45, 2.75) is 32.0 Å². The molecule has 0 spiro atoms. The SMILES string of the molecule is CC(O)C1CCCN(c2cc(C(F)(F)F)nc(-c3ccncc3)n2)C1. The molecule has 1 aliphatic heterocycles. The molecule has 1 fully saturated rings. The first-order valence-electron chi connectivity index (χ1n) is 8.14. The molecule has 1 N–H and O–H groups in total. The summed E-state index contributed by atoms with van der Waals surface area (Å²) < 4.78 is 39.8. The Bertz CT molecular complexity index is 722. The third-order valence-corrected chi connectivity index (χ3v) is 4.41. The summed E-state index contributed by atoms with van der Waals surface area (Å²) in [6, 6.07) is 4.14. The van der Waals surface area contributed by atoms with Gasteiger partial charge >= 0.3 is 6.18 Å². The predicted molar refractivity (Wildman–Crippen MR) is 86.9 cm³/mol. The van der Waals surface area contributed by atoms with Gasteiger partial charge in [-0.1, -0.05) is 0 Å². The molecule has 25 heavy (non-hydrogen) atoms. The van der Waals surface area contributed by atoms with Crippen molar-refractivity contribution in [2.75, 3.05) is 18.0 Å². The third kappa shape index (κ3) is 4.07. The number of piperidine rings is 1. The van der Waals surface area contributed by atoms with E-state index in [0.717, 1.165) is 18.9 Å². The predicted octanol–water partition coefficient (Wildman–Crippen LogP) is 3.15. The van der Waals surface area contributed by atoms with Gasteiger partial charge in [-0.2, -0.15) is 13.2 Å². The first-order chi connectivity index (χ1) is 11.8. The Kier molecular flexibility index (Phi) is 4.89. The van der Waals surface area contributed by atoms with Gasteiger partial charge in [0.25, 0.3) is 0 Å². The molecule has 2 aromatic heterocycles. The molecule has 0 saturated carbocycles. The van der Waals surface area contributed by atoms with Crippen LogP contribution in [0.25, 0.3) is 11.4 Å². The number of hydrogen-bond donors (Lipinski definition) is 1. The molecule has 2 aromatic rings. The fraction of sp³-hybridized carbons (Fsp3) is 0.471. The van der Waals surface area contributed by atoms with Gasteiger partial charge in [0.1, 0.15) is 5.82 Å². The Morgan fingerprint density at radius 1 is 1.24 bits per heavy atom. The van der Waals surface area contributed by atoms with Crippen molar-refractivity contribution >= 4 is 5.82 Å². The molecule has 0 aromatic carbocycles. The molecular weight excluding hydrogens is 333 g/mol. The molecule has 1 saturated heterocycles. The van der Waals surface area contributed by atoms with Gasteiger partial charge in [-0.15, -0.1) is 0 Å². The average molecular weight is 352 g/mol. The Balaban J connectivity index is 2.01. The minimum Gasteiger partial charge on any atom is -0.393 e. The van der Waals surface area contributed by atoms with E-state index in [-0.39, 0.29) is 17.6 Å². The van der Waals surface area contributed by atoms with E-state index in [1.807, 2.05) is 0 Å². The summed E-state index contributed by atoms with van der Waals surface area (Å²) >= 11 is 0. The van der Waals surface area contributed by atoms with Crippen LogP contribution in [0.2, 0.25) is 0 Å². The van der Waals surface area contributed by atoms with E-state index < -0.39 is 18.0 Å². The number of hydrogen-bond acceptors (Lipinski definition) is 5. The molecule has 1 aliphatic rings. The minimum absolute atomic E-state index is 0.0161. The van der Waals surface area contributed by atoms with E-state index in [9.17, 15) is 18.3 Å². The van der Waals surface area contributed by atoms with Crippen LogP contribution < -0.4 is 4.90 Å². The summed E-state index contributed by atoms with van der Waals surface area (Å²) in [4.78, 5) is 13.7. The lowest BCUT2D eigenvalue weighted by molar-refractivity contribution is -0.141. The number of nitrogens with zero attached hydrogens (tertiary/aromatic N) is 4. The van der Waals surface area contributed by atoms with Gasteiger partial charge in [-0.25, -0.2) is 9.97 Å². The van der Waals surface area contributed by atoms with Crippen molar-refractivity contribution in [1.82, 2.24) is 15.0 Å². The lowest BCUT2D eigenvalue weighted by Crippen LogP contribution is -2.40. The zero-order valence-electron chi connectivity index (χ0n) is 13.7. The molecule has 2 unspecified atom stereocenters. The average Bonchev–Trinajstić information content (AvgIpc) is 2.61. The number of aliphatic hydroxyl groups is 1. The quantitative estimate of drug-likeness (QED) is 0.919. The van der Waals surface area contributed by atoms with Gasteiger partial charge in [-0.3, -0.25) is 4.98 Å². The lowest BCUT2D eigenvalue weighted by Gasteiger charge is -2.35. The van der Waals surface area contributed by atoms with Crippen molar-refractivity contribution < 1.29 is 18.3 Å². The maximum Gasteiger partial charge on any atom is 0.433 e. The van der Waals surface area contributed by atoms with Crippen molar-refractivity contribution in [2.24, 2.45) is 5.92 Å². The number of halogens is 3. The molecular formula is C17H19F3N4O. The summed E-state index contributed by atoms with van der Waals surface area (Å²) in [6.45, 7) is 2.78. The van der Waals surface area contributed by atoms with Crippen LogP contribution in [0, 0.1) is 5.92 Å². The summed E-state index contributed by atoms with van der Waals surface area (Å²) in [5.74, 6) is 0.272. The fourth-order valence-corrected chi connectivity index (χ4v) is 2.98. The molecule has 8 heteroatoms. The second kappa shape index (κ2) is 6.95. The van der Waals surface area contributed by atoms with E-state index in [4.69, 9.17) is 0 Å². The molecule has 0 bridgehead atoms. The van der Waals surface area contributed by atoms with E-state index in [1.54, 1.807) is 24.0 Å². The number of anilines is 1. The number of aliphatic hydroxyl groups excluding tert-OH is 1. The van der Waals surface area contributed by atoms with E-state index in [0.29, 0.717) is 18.7 Å². The Hall–Kier alpha value is -2.22. The largest absolute Gasteiger partial charge is 0.433 e. The Labute approximate surface area is 143 Å². The van der Waals surface area contributed by atoms with Gasteiger partial charge in [-0.05, 0) is 31.9 Å². The lowest BCUT2D eigenvalue weighted by atomic mass is 9.93. The molecule has 134 valence electrons. The van der Waals surface area contributed by atoms with Crippen LogP contribution in [-0.2, 0) is 6.18 Å². The molecule has 0 amide bonds. The van der Waals surface area contributed by atoms with Crippen LogP contribution in [0.5, 0.6) is 0 Å². The van der Waals surface area contributed by atoms with E-state index >= 15 is 0 Å².